The fourth-order valence-corrected chi connectivity index (χ4v) is 9.14. The molecule has 0 aliphatic carbocycles. The highest BCUT2D eigenvalue weighted by molar-refractivity contribution is 7.19. The Kier molecular flexibility index (Phi) is 12.6. The first-order valence-corrected chi connectivity index (χ1v) is 21.1. The van der Waals surface area contributed by atoms with Gasteiger partial charge in [-0.15, -0.1) is 17.3 Å². The molecule has 3 aromatic carbocycles. The van der Waals surface area contributed by atoms with Crippen LogP contribution in [0.25, 0.3) is 32.7 Å². The number of likely N-dealkylation sites (tertiary alicyclic amines) is 1. The number of aliphatic carboxylic acids is 1. The van der Waals surface area contributed by atoms with Crippen molar-refractivity contribution in [3.8, 4) is 51.7 Å². The molecule has 12 nitrogen and oxygen atoms in total. The van der Waals surface area contributed by atoms with Crippen molar-refractivity contribution in [3.05, 3.63) is 111 Å². The number of thiophene rings is 1. The molecule has 308 valence electrons. The first-order valence-electron chi connectivity index (χ1n) is 19.9. The van der Waals surface area contributed by atoms with Gasteiger partial charge < -0.3 is 29.3 Å². The van der Waals surface area contributed by atoms with Gasteiger partial charge in [0.15, 0.2) is 5.82 Å². The Bertz CT molecular complexity index is 2600. The van der Waals surface area contributed by atoms with Gasteiger partial charge in [-0.3, -0.25) is 4.90 Å². The van der Waals surface area contributed by atoms with Crippen molar-refractivity contribution >= 4 is 39.1 Å². The largest absolute Gasteiger partial charge is 0.496 e. The standard InChI is InChI=1S/C46H45ClN6O6S/c1-4-7-39-40-34-12-11-30(42(47)28(34)2)25-53(21-20-52-18-15-33(54)16-19-52)24-29-10-13-36(58-26-32-14-17-48-43(51-32)35-8-5-6-9-37(35)57-3)31(22-29)23-38(46(55)56)59-44-41(40)45(60-39)50-27-49-44/h5-6,8-14,17,22,27,33,38,54H,15-16,18-21,23-26H2,1-3H3,(H,55,56)/t38-/m1/s1. The molecule has 3 aliphatic heterocycles. The maximum Gasteiger partial charge on any atom is 0.345 e. The van der Waals surface area contributed by atoms with E-state index in [9.17, 15) is 15.0 Å². The molecule has 9 rings (SSSR count). The Morgan fingerprint density at radius 3 is 2.60 bits per heavy atom. The highest BCUT2D eigenvalue weighted by atomic mass is 35.5. The Morgan fingerprint density at radius 2 is 1.80 bits per heavy atom. The lowest BCUT2D eigenvalue weighted by atomic mass is 9.96. The average molecular weight is 845 g/mol. The Labute approximate surface area is 357 Å². The van der Waals surface area contributed by atoms with E-state index in [0.29, 0.717) is 56.9 Å². The number of halogens is 1. The third-order valence-electron chi connectivity index (χ3n) is 11.0. The molecule has 1 atom stereocenters. The van der Waals surface area contributed by atoms with Crippen molar-refractivity contribution in [2.45, 2.75) is 65.0 Å². The van der Waals surface area contributed by atoms with Crippen LogP contribution in [0.2, 0.25) is 5.02 Å². The van der Waals surface area contributed by atoms with Gasteiger partial charge in [0.25, 0.3) is 0 Å². The predicted octanol–water partition coefficient (Wildman–Crippen LogP) is 7.58. The summed E-state index contributed by atoms with van der Waals surface area (Å²) in [6.45, 7) is 8.26. The number of fused-ring (bicyclic) bond motifs is 6. The monoisotopic (exact) mass is 844 g/mol. The summed E-state index contributed by atoms with van der Waals surface area (Å²) >= 11 is 8.68. The topological polar surface area (TPSA) is 143 Å². The maximum atomic E-state index is 13.1. The Balaban J connectivity index is 1.20. The maximum absolute atomic E-state index is 13.1. The van der Waals surface area contributed by atoms with Crippen molar-refractivity contribution in [1.82, 2.24) is 29.7 Å². The summed E-state index contributed by atoms with van der Waals surface area (Å²) in [7, 11) is 1.61. The summed E-state index contributed by atoms with van der Waals surface area (Å²) in [6.07, 6.45) is 2.98. The number of rotatable bonds is 9. The third kappa shape index (κ3) is 8.94. The van der Waals surface area contributed by atoms with Gasteiger partial charge in [-0.25, -0.2) is 24.7 Å². The molecule has 6 heterocycles. The van der Waals surface area contributed by atoms with Crippen LogP contribution in [0.15, 0.2) is 73.2 Å². The van der Waals surface area contributed by atoms with E-state index in [2.05, 4.69) is 48.7 Å². The summed E-state index contributed by atoms with van der Waals surface area (Å²) < 4.78 is 18.4. The molecule has 0 radical (unpaired) electrons. The van der Waals surface area contributed by atoms with Crippen LogP contribution in [0.4, 0.5) is 0 Å². The van der Waals surface area contributed by atoms with Gasteiger partial charge in [-0.1, -0.05) is 53.9 Å². The summed E-state index contributed by atoms with van der Waals surface area (Å²) in [5.41, 5.74) is 6.48. The second kappa shape index (κ2) is 18.3. The number of carboxylic acid groups (broad SMARTS) is 1. The lowest BCUT2D eigenvalue weighted by Crippen LogP contribution is -2.40. The first-order chi connectivity index (χ1) is 29.2. The smallest absolute Gasteiger partial charge is 0.345 e. The van der Waals surface area contributed by atoms with Gasteiger partial charge in [0.2, 0.25) is 12.0 Å². The quantitative estimate of drug-likeness (QED) is 0.139. The number of ether oxygens (including phenoxy) is 3. The van der Waals surface area contributed by atoms with E-state index >= 15 is 0 Å². The number of aliphatic hydroxyl groups is 1. The van der Waals surface area contributed by atoms with E-state index < -0.39 is 12.1 Å². The van der Waals surface area contributed by atoms with Crippen LogP contribution in [-0.4, -0.2) is 91.4 Å². The number of piperidine rings is 1. The second-order valence-corrected chi connectivity index (χ2v) is 16.4. The average Bonchev–Trinajstić information content (AvgIpc) is 3.62. The molecule has 3 aliphatic rings. The van der Waals surface area contributed by atoms with Gasteiger partial charge in [0.1, 0.15) is 29.3 Å². The molecule has 1 saturated heterocycles. The van der Waals surface area contributed by atoms with E-state index in [-0.39, 0.29) is 25.0 Å². The molecule has 6 aromatic rings. The van der Waals surface area contributed by atoms with Gasteiger partial charge in [-0.05, 0) is 78.8 Å². The summed E-state index contributed by atoms with van der Waals surface area (Å²) in [5.74, 6) is 6.92. The van der Waals surface area contributed by atoms with Crippen molar-refractivity contribution in [2.24, 2.45) is 0 Å². The van der Waals surface area contributed by atoms with Gasteiger partial charge >= 0.3 is 5.97 Å². The minimum Gasteiger partial charge on any atom is -0.496 e. The van der Waals surface area contributed by atoms with Crippen LogP contribution >= 0.6 is 22.9 Å². The molecule has 14 heteroatoms. The number of hydrogen-bond acceptors (Lipinski definition) is 12. The number of benzene rings is 3. The fraction of sp³-hybridized carbons (Fsp3) is 0.326. The SMILES string of the molecule is CC#Cc1sc2ncnc3c2c1-c1ccc(c(Cl)c1C)CN(CCN1CCC(O)CC1)Cc1ccc(OCc2ccnc(-c4ccccc4OC)n2)c(c1)C[C@H](C(=O)O)O3. The number of carboxylic acids is 1. The predicted molar refractivity (Wildman–Crippen MR) is 231 cm³/mol. The summed E-state index contributed by atoms with van der Waals surface area (Å²) in [4.78, 5) is 37.6. The minimum absolute atomic E-state index is 0.0178. The molecule has 60 heavy (non-hydrogen) atoms. The molecule has 0 unspecified atom stereocenters. The van der Waals surface area contributed by atoms with Crippen molar-refractivity contribution in [1.29, 1.82) is 0 Å². The van der Waals surface area contributed by atoms with Crippen LogP contribution in [0.3, 0.4) is 0 Å². The fourth-order valence-electron chi connectivity index (χ4n) is 7.86. The zero-order valence-electron chi connectivity index (χ0n) is 33.7. The van der Waals surface area contributed by atoms with Crippen molar-refractivity contribution < 1.29 is 29.2 Å². The third-order valence-corrected chi connectivity index (χ3v) is 12.6. The number of aromatic nitrogens is 4. The number of para-hydroxylation sites is 1. The van der Waals surface area contributed by atoms with Crippen LogP contribution in [0.1, 0.15) is 52.6 Å². The lowest BCUT2D eigenvalue weighted by Gasteiger charge is -2.32. The van der Waals surface area contributed by atoms with Gasteiger partial charge in [0, 0.05) is 62.5 Å². The molecular formula is C46H45ClN6O6S. The highest BCUT2D eigenvalue weighted by Gasteiger charge is 2.29. The molecule has 0 spiro atoms. The van der Waals surface area contributed by atoms with Crippen LogP contribution in [0, 0.1) is 18.8 Å². The summed E-state index contributed by atoms with van der Waals surface area (Å²) in [6, 6.07) is 19.4. The van der Waals surface area contributed by atoms with Crippen molar-refractivity contribution in [3.63, 3.8) is 0 Å². The molecule has 0 saturated carbocycles. The van der Waals surface area contributed by atoms with E-state index in [4.69, 9.17) is 30.8 Å². The molecule has 4 bridgehead atoms. The van der Waals surface area contributed by atoms with Crippen LogP contribution < -0.4 is 14.2 Å². The zero-order chi connectivity index (χ0) is 41.8. The van der Waals surface area contributed by atoms with E-state index in [1.807, 2.05) is 49.4 Å². The number of hydrogen-bond donors (Lipinski definition) is 2. The number of nitrogens with zero attached hydrogens (tertiary/aromatic N) is 6. The van der Waals surface area contributed by atoms with E-state index in [0.717, 1.165) is 77.3 Å². The highest BCUT2D eigenvalue weighted by Crippen LogP contribution is 2.45. The Morgan fingerprint density at radius 1 is 0.983 bits per heavy atom. The van der Waals surface area contributed by atoms with Crippen LogP contribution in [0.5, 0.6) is 17.4 Å². The summed E-state index contributed by atoms with van der Waals surface area (Å²) in [5, 5.41) is 22.1. The van der Waals surface area contributed by atoms with Crippen LogP contribution in [-0.2, 0) is 30.9 Å². The first kappa shape index (κ1) is 41.1. The number of methoxy groups -OCH3 is 1. The normalized spacial score (nSPS) is 16.2. The van der Waals surface area contributed by atoms with E-state index in [1.165, 1.54) is 17.7 Å². The van der Waals surface area contributed by atoms with E-state index in [1.54, 1.807) is 26.3 Å². The molecule has 2 N–H and O–H groups in total. The number of carbonyl (C=O) groups is 1. The zero-order valence-corrected chi connectivity index (χ0v) is 35.2. The van der Waals surface area contributed by atoms with Gasteiger partial charge in [-0.2, -0.15) is 0 Å². The molecule has 3 aromatic heterocycles. The lowest BCUT2D eigenvalue weighted by molar-refractivity contribution is -0.145. The molecular weight excluding hydrogens is 800 g/mol. The molecule has 1 fully saturated rings. The minimum atomic E-state index is -1.34. The van der Waals surface area contributed by atoms with Crippen molar-refractivity contribution in [2.75, 3.05) is 33.3 Å². The Hall–Kier alpha value is -5.62. The molecule has 0 amide bonds. The van der Waals surface area contributed by atoms with Gasteiger partial charge in [0.05, 0.1) is 34.7 Å². The number of aliphatic hydroxyl groups excluding tert-OH is 1. The second-order valence-electron chi connectivity index (χ2n) is 15.0.